The molecule has 1 aromatic carbocycles. The van der Waals surface area contributed by atoms with Crippen molar-refractivity contribution in [3.8, 4) is 6.01 Å². The smallest absolute Gasteiger partial charge is 0.316 e. The topological polar surface area (TPSA) is 83.4 Å². The summed E-state index contributed by atoms with van der Waals surface area (Å²) in [6.45, 7) is 1.52. The fourth-order valence-electron chi connectivity index (χ4n) is 5.06. The van der Waals surface area contributed by atoms with Gasteiger partial charge in [0.15, 0.2) is 5.78 Å². The van der Waals surface area contributed by atoms with E-state index in [4.69, 9.17) is 14.2 Å². The van der Waals surface area contributed by atoms with Crippen LogP contribution < -0.4 is 4.74 Å². The second-order valence-corrected chi connectivity index (χ2v) is 9.09. The number of nitrogens with zero attached hydrogens (tertiary/aromatic N) is 3. The third kappa shape index (κ3) is 6.38. The zero-order valence-electron chi connectivity index (χ0n) is 20.3. The summed E-state index contributed by atoms with van der Waals surface area (Å²) in [5.74, 6) is 0.565. The van der Waals surface area contributed by atoms with Crippen LogP contribution in [0.2, 0.25) is 0 Å². The van der Waals surface area contributed by atoms with Crippen molar-refractivity contribution in [1.29, 1.82) is 0 Å². The molecule has 8 heteroatoms. The van der Waals surface area contributed by atoms with Crippen molar-refractivity contribution < 1.29 is 23.4 Å². The Morgan fingerprint density at radius 2 is 1.83 bits per heavy atom. The molecule has 0 N–H and O–H groups in total. The molecule has 186 valence electrons. The Kier molecular flexibility index (Phi) is 8.71. The highest BCUT2D eigenvalue weighted by Gasteiger charge is 2.31. The molecule has 0 spiro atoms. The number of halogens is 1. The highest BCUT2D eigenvalue weighted by Crippen LogP contribution is 2.41. The molecule has 1 fully saturated rings. The molecule has 4 rings (SSSR count). The second-order valence-electron chi connectivity index (χ2n) is 9.09. The van der Waals surface area contributed by atoms with Gasteiger partial charge in [-0.2, -0.15) is 0 Å². The summed E-state index contributed by atoms with van der Waals surface area (Å²) in [7, 11) is 3.13. The molecule has 0 bridgehead atoms. The van der Waals surface area contributed by atoms with E-state index in [9.17, 15) is 9.18 Å². The van der Waals surface area contributed by atoms with Crippen LogP contribution in [0, 0.1) is 17.7 Å². The Labute approximate surface area is 205 Å². The van der Waals surface area contributed by atoms with E-state index in [2.05, 4.69) is 15.0 Å². The molecule has 2 heterocycles. The summed E-state index contributed by atoms with van der Waals surface area (Å²) in [6, 6.07) is 7.04. The van der Waals surface area contributed by atoms with Crippen LogP contribution in [0.15, 0.2) is 42.9 Å². The molecule has 35 heavy (non-hydrogen) atoms. The number of methoxy groups -OCH3 is 2. The number of rotatable bonds is 11. The number of carbonyl (C=O) groups is 1. The third-order valence-electron chi connectivity index (χ3n) is 6.96. The fraction of sp³-hybridized carbons (Fsp3) is 0.481. The third-order valence-corrected chi connectivity index (χ3v) is 6.96. The lowest BCUT2D eigenvalue weighted by Crippen LogP contribution is -2.27. The molecule has 1 atom stereocenters. The van der Waals surface area contributed by atoms with Crippen molar-refractivity contribution in [3.63, 3.8) is 0 Å². The largest absolute Gasteiger partial charge is 0.467 e. The van der Waals surface area contributed by atoms with Gasteiger partial charge in [0.25, 0.3) is 0 Å². The first kappa shape index (κ1) is 25.1. The van der Waals surface area contributed by atoms with Crippen LogP contribution in [0.4, 0.5) is 4.39 Å². The molecule has 1 aliphatic carbocycles. The molecule has 0 amide bonds. The molecule has 3 aromatic rings. The maximum atomic E-state index is 13.9. The number of carbonyl (C=O) groups excluding carboxylic acids is 1. The lowest BCUT2D eigenvalue weighted by atomic mass is 9.72. The first-order valence-electron chi connectivity index (χ1n) is 12.1. The monoisotopic (exact) mass is 481 g/mol. The van der Waals surface area contributed by atoms with Crippen molar-refractivity contribution in [3.05, 3.63) is 59.8 Å². The maximum Gasteiger partial charge on any atom is 0.316 e. The minimum Gasteiger partial charge on any atom is -0.467 e. The highest BCUT2D eigenvalue weighted by molar-refractivity contribution is 5.95. The second kappa shape index (κ2) is 12.1. The fourth-order valence-corrected chi connectivity index (χ4v) is 5.06. The van der Waals surface area contributed by atoms with Crippen molar-refractivity contribution >= 4 is 16.7 Å². The quantitative estimate of drug-likeness (QED) is 0.282. The number of aromatic nitrogens is 3. The van der Waals surface area contributed by atoms with Gasteiger partial charge in [-0.1, -0.05) is 0 Å². The van der Waals surface area contributed by atoms with Crippen LogP contribution in [0.1, 0.15) is 53.9 Å². The predicted molar refractivity (Wildman–Crippen MR) is 130 cm³/mol. The summed E-state index contributed by atoms with van der Waals surface area (Å²) < 4.78 is 29.9. The normalized spacial score (nSPS) is 18.9. The van der Waals surface area contributed by atoms with E-state index >= 15 is 0 Å². The summed E-state index contributed by atoms with van der Waals surface area (Å²) in [5.41, 5.74) is 2.46. The Morgan fingerprint density at radius 1 is 1.06 bits per heavy atom. The van der Waals surface area contributed by atoms with Crippen LogP contribution in [0.5, 0.6) is 6.01 Å². The van der Waals surface area contributed by atoms with Crippen LogP contribution >= 0.6 is 0 Å². The minimum absolute atomic E-state index is 0.00530. The number of hydrogen-bond acceptors (Lipinski definition) is 7. The molecule has 0 radical (unpaired) electrons. The first-order chi connectivity index (χ1) is 17.1. The molecular formula is C27H32FN3O4. The highest BCUT2D eigenvalue weighted by atomic mass is 19.1. The number of Topliss-reactive ketones (excluding diaryl/α,β-unsaturated/α-hetero) is 1. The van der Waals surface area contributed by atoms with Gasteiger partial charge in [0, 0.05) is 37.5 Å². The van der Waals surface area contributed by atoms with Gasteiger partial charge in [0.05, 0.1) is 38.0 Å². The predicted octanol–water partition coefficient (Wildman–Crippen LogP) is 5.00. The molecule has 1 aliphatic rings. The van der Waals surface area contributed by atoms with Crippen LogP contribution in [-0.4, -0.2) is 54.8 Å². The van der Waals surface area contributed by atoms with E-state index < -0.39 is 0 Å². The first-order valence-corrected chi connectivity index (χ1v) is 12.1. The molecule has 0 aliphatic heterocycles. The van der Waals surface area contributed by atoms with E-state index in [-0.39, 0.29) is 23.5 Å². The summed E-state index contributed by atoms with van der Waals surface area (Å²) in [4.78, 5) is 25.5. The molecule has 1 saturated carbocycles. The maximum absolute atomic E-state index is 13.9. The zero-order valence-corrected chi connectivity index (χ0v) is 20.3. The number of pyridine rings is 1. The minimum atomic E-state index is -0.241. The average molecular weight is 482 g/mol. The van der Waals surface area contributed by atoms with E-state index in [0.29, 0.717) is 43.6 Å². The summed E-state index contributed by atoms with van der Waals surface area (Å²) in [5, 5.41) is 0.894. The summed E-state index contributed by atoms with van der Waals surface area (Å²) in [6.07, 6.45) is 9.14. The summed E-state index contributed by atoms with van der Waals surface area (Å²) >= 11 is 0. The number of ketones is 1. The number of ether oxygens (including phenoxy) is 3. The van der Waals surface area contributed by atoms with Gasteiger partial charge in [-0.05, 0) is 73.3 Å². The van der Waals surface area contributed by atoms with Gasteiger partial charge >= 0.3 is 6.01 Å². The van der Waals surface area contributed by atoms with Crippen LogP contribution in [0.25, 0.3) is 10.9 Å². The van der Waals surface area contributed by atoms with E-state index in [1.165, 1.54) is 25.6 Å². The molecule has 0 saturated heterocycles. The zero-order chi connectivity index (χ0) is 24.6. The van der Waals surface area contributed by atoms with Gasteiger partial charge < -0.3 is 14.2 Å². The molecule has 7 nitrogen and oxygen atoms in total. The Balaban J connectivity index is 1.43. The van der Waals surface area contributed by atoms with Crippen LogP contribution in [-0.2, 0) is 9.47 Å². The van der Waals surface area contributed by atoms with E-state index in [1.54, 1.807) is 19.2 Å². The van der Waals surface area contributed by atoms with Crippen LogP contribution in [0.3, 0.4) is 0 Å². The number of hydrogen-bond donors (Lipinski definition) is 0. The Bertz CT molecular complexity index is 1120. The Morgan fingerprint density at radius 3 is 2.54 bits per heavy atom. The lowest BCUT2D eigenvalue weighted by Gasteiger charge is -2.34. The van der Waals surface area contributed by atoms with Gasteiger partial charge in [0.2, 0.25) is 0 Å². The number of benzene rings is 1. The molecular weight excluding hydrogens is 449 g/mol. The Hall–Kier alpha value is -2.97. The van der Waals surface area contributed by atoms with Crippen molar-refractivity contribution in [2.24, 2.45) is 11.8 Å². The van der Waals surface area contributed by atoms with Crippen molar-refractivity contribution in [2.75, 3.05) is 34.0 Å². The number of fused-ring (bicyclic) bond motifs is 1. The molecule has 0 unspecified atom stereocenters. The van der Waals surface area contributed by atoms with E-state index in [1.807, 2.05) is 12.3 Å². The molecule has 2 aromatic heterocycles. The van der Waals surface area contributed by atoms with Gasteiger partial charge in [-0.3, -0.25) is 9.78 Å². The standard InChI is InChI=1S/C27H32FN3O4/c1-33-11-12-35-17-20(13-26(32)21-15-30-27(34-2)31-16-21)18-3-5-19(6-4-18)23-9-10-29-25-8-7-22(28)14-24(23)25/h7-10,14-16,18-20H,3-6,11-13,17H2,1-2H3/t18?,19?,20-/m0/s1. The lowest BCUT2D eigenvalue weighted by molar-refractivity contribution is 0.0293. The average Bonchev–Trinajstić information content (AvgIpc) is 2.90. The van der Waals surface area contributed by atoms with Gasteiger partial charge in [0.1, 0.15) is 5.82 Å². The van der Waals surface area contributed by atoms with Gasteiger partial charge in [-0.25, -0.2) is 14.4 Å². The van der Waals surface area contributed by atoms with Gasteiger partial charge in [-0.15, -0.1) is 0 Å². The van der Waals surface area contributed by atoms with Crippen molar-refractivity contribution in [2.45, 2.75) is 38.0 Å². The SMILES string of the molecule is COCCOC[C@H](CC(=O)c1cnc(OC)nc1)C1CCC(c2ccnc3ccc(F)cc23)CC1. The van der Waals surface area contributed by atoms with E-state index in [0.717, 1.165) is 42.1 Å². The van der Waals surface area contributed by atoms with Crippen molar-refractivity contribution in [1.82, 2.24) is 15.0 Å².